The molecule has 3 nitrogen and oxygen atoms in total. The first-order valence-corrected chi connectivity index (χ1v) is 7.63. The monoisotopic (exact) mass is 256 g/mol. The molecule has 0 saturated heterocycles. The number of aliphatic hydroxyl groups excluding tert-OH is 1. The Morgan fingerprint density at radius 1 is 1.11 bits per heavy atom. The minimum absolute atomic E-state index is 0.215. The Kier molecular flexibility index (Phi) is 7.20. The lowest BCUT2D eigenvalue weighted by Gasteiger charge is -2.34. The van der Waals surface area contributed by atoms with Gasteiger partial charge in [0.2, 0.25) is 0 Å². The first-order chi connectivity index (χ1) is 8.53. The van der Waals surface area contributed by atoms with E-state index in [1.165, 1.54) is 38.5 Å². The van der Waals surface area contributed by atoms with Crippen molar-refractivity contribution in [3.8, 4) is 0 Å². The Morgan fingerprint density at radius 2 is 1.78 bits per heavy atom. The van der Waals surface area contributed by atoms with Crippen molar-refractivity contribution >= 4 is 0 Å². The summed E-state index contributed by atoms with van der Waals surface area (Å²) in [6.45, 7) is 9.95. The Balaban J connectivity index is 2.24. The molecule has 0 aromatic carbocycles. The molecule has 3 heteroatoms. The zero-order valence-electron chi connectivity index (χ0n) is 12.5. The maximum Gasteiger partial charge on any atom is 0.0558 e. The smallest absolute Gasteiger partial charge is 0.0558 e. The van der Waals surface area contributed by atoms with Gasteiger partial charge < -0.3 is 10.4 Å². The van der Waals surface area contributed by atoms with Gasteiger partial charge in [-0.2, -0.15) is 0 Å². The topological polar surface area (TPSA) is 35.5 Å². The molecule has 1 aliphatic carbocycles. The number of rotatable bonds is 7. The predicted octanol–water partition coefficient (Wildman–Crippen LogP) is 2.39. The lowest BCUT2D eigenvalue weighted by atomic mass is 9.94. The van der Waals surface area contributed by atoms with Crippen molar-refractivity contribution in [1.82, 2.24) is 10.2 Å². The molecule has 0 spiro atoms. The standard InChI is InChI=1S/C15H32N2O/c1-15(2,3)16-10-7-11-17(12-13-18)14-8-5-4-6-9-14/h14,16,18H,4-13H2,1-3H3. The van der Waals surface area contributed by atoms with Crippen molar-refractivity contribution < 1.29 is 5.11 Å². The van der Waals surface area contributed by atoms with E-state index in [1.807, 2.05) is 0 Å². The Bertz CT molecular complexity index is 207. The van der Waals surface area contributed by atoms with Crippen molar-refractivity contribution in [3.05, 3.63) is 0 Å². The lowest BCUT2D eigenvalue weighted by Crippen LogP contribution is -2.42. The molecule has 108 valence electrons. The van der Waals surface area contributed by atoms with Crippen LogP contribution in [-0.2, 0) is 0 Å². The zero-order chi connectivity index (χ0) is 13.4. The summed E-state index contributed by atoms with van der Waals surface area (Å²) < 4.78 is 0. The maximum atomic E-state index is 9.20. The molecule has 0 unspecified atom stereocenters. The first kappa shape index (κ1) is 15.9. The largest absolute Gasteiger partial charge is 0.395 e. The van der Waals surface area contributed by atoms with Crippen LogP contribution in [0.5, 0.6) is 0 Å². The summed E-state index contributed by atoms with van der Waals surface area (Å²) in [6.07, 6.45) is 7.96. The van der Waals surface area contributed by atoms with Crippen LogP contribution in [0, 0.1) is 0 Å². The van der Waals surface area contributed by atoms with Crippen molar-refractivity contribution in [3.63, 3.8) is 0 Å². The minimum atomic E-state index is 0.215. The van der Waals surface area contributed by atoms with Crippen LogP contribution in [0.15, 0.2) is 0 Å². The predicted molar refractivity (Wildman–Crippen MR) is 77.9 cm³/mol. The summed E-state index contributed by atoms with van der Waals surface area (Å²) in [6, 6.07) is 0.723. The summed E-state index contributed by atoms with van der Waals surface area (Å²) in [5.74, 6) is 0. The highest BCUT2D eigenvalue weighted by atomic mass is 16.3. The van der Waals surface area contributed by atoms with Gasteiger partial charge in [0.25, 0.3) is 0 Å². The van der Waals surface area contributed by atoms with Crippen LogP contribution >= 0.6 is 0 Å². The molecular weight excluding hydrogens is 224 g/mol. The van der Waals surface area contributed by atoms with E-state index < -0.39 is 0 Å². The van der Waals surface area contributed by atoms with E-state index in [1.54, 1.807) is 0 Å². The molecule has 1 saturated carbocycles. The molecule has 2 N–H and O–H groups in total. The fraction of sp³-hybridized carbons (Fsp3) is 1.00. The van der Waals surface area contributed by atoms with Crippen molar-refractivity contribution in [1.29, 1.82) is 0 Å². The normalized spacial score (nSPS) is 18.5. The molecule has 1 fully saturated rings. The highest BCUT2D eigenvalue weighted by Gasteiger charge is 2.20. The lowest BCUT2D eigenvalue weighted by molar-refractivity contribution is 0.122. The third kappa shape index (κ3) is 6.72. The Hall–Kier alpha value is -0.120. The van der Waals surface area contributed by atoms with Crippen LogP contribution in [0.4, 0.5) is 0 Å². The van der Waals surface area contributed by atoms with Crippen LogP contribution in [0.2, 0.25) is 0 Å². The molecule has 18 heavy (non-hydrogen) atoms. The van der Waals surface area contributed by atoms with Gasteiger partial charge in [0.05, 0.1) is 6.61 Å². The Labute approximate surface area is 113 Å². The highest BCUT2D eigenvalue weighted by molar-refractivity contribution is 4.77. The van der Waals surface area contributed by atoms with Gasteiger partial charge in [-0.15, -0.1) is 0 Å². The van der Waals surface area contributed by atoms with Gasteiger partial charge in [-0.05, 0) is 53.1 Å². The van der Waals surface area contributed by atoms with Gasteiger partial charge in [0.1, 0.15) is 0 Å². The number of nitrogens with one attached hydrogen (secondary N) is 1. The molecule has 0 amide bonds. The van der Waals surface area contributed by atoms with Gasteiger partial charge in [-0.3, -0.25) is 4.90 Å². The molecule has 0 aromatic rings. The Morgan fingerprint density at radius 3 is 2.33 bits per heavy atom. The molecule has 0 heterocycles. The van der Waals surface area contributed by atoms with Crippen LogP contribution in [0.1, 0.15) is 59.3 Å². The summed E-state index contributed by atoms with van der Waals surface area (Å²) in [4.78, 5) is 2.50. The van der Waals surface area contributed by atoms with Gasteiger partial charge in [0.15, 0.2) is 0 Å². The fourth-order valence-electron chi connectivity index (χ4n) is 2.80. The molecular formula is C15H32N2O. The van der Waals surface area contributed by atoms with Crippen LogP contribution in [0.3, 0.4) is 0 Å². The van der Waals surface area contributed by atoms with Gasteiger partial charge in [0, 0.05) is 18.1 Å². The summed E-state index contributed by atoms with van der Waals surface area (Å²) in [5, 5.41) is 12.7. The van der Waals surface area contributed by atoms with E-state index in [2.05, 4.69) is 31.0 Å². The van der Waals surface area contributed by atoms with Gasteiger partial charge in [-0.1, -0.05) is 19.3 Å². The first-order valence-electron chi connectivity index (χ1n) is 7.63. The van der Waals surface area contributed by atoms with E-state index in [0.717, 1.165) is 25.7 Å². The second kappa shape index (κ2) is 8.13. The quantitative estimate of drug-likeness (QED) is 0.687. The second-order valence-corrected chi connectivity index (χ2v) is 6.58. The van der Waals surface area contributed by atoms with Gasteiger partial charge in [-0.25, -0.2) is 0 Å². The van der Waals surface area contributed by atoms with Crippen LogP contribution < -0.4 is 5.32 Å². The van der Waals surface area contributed by atoms with E-state index >= 15 is 0 Å². The van der Waals surface area contributed by atoms with Crippen molar-refractivity contribution in [2.45, 2.75) is 70.9 Å². The van der Waals surface area contributed by atoms with Crippen molar-refractivity contribution in [2.24, 2.45) is 0 Å². The zero-order valence-corrected chi connectivity index (χ0v) is 12.5. The molecule has 0 aromatic heterocycles. The average Bonchev–Trinajstić information content (AvgIpc) is 2.33. The van der Waals surface area contributed by atoms with Gasteiger partial charge >= 0.3 is 0 Å². The third-order valence-electron chi connectivity index (χ3n) is 3.76. The minimum Gasteiger partial charge on any atom is -0.395 e. The SMILES string of the molecule is CC(C)(C)NCCCN(CCO)C1CCCCC1. The van der Waals surface area contributed by atoms with E-state index in [-0.39, 0.29) is 5.54 Å². The van der Waals surface area contributed by atoms with E-state index in [4.69, 9.17) is 0 Å². The fourth-order valence-corrected chi connectivity index (χ4v) is 2.80. The molecule has 1 rings (SSSR count). The highest BCUT2D eigenvalue weighted by Crippen LogP contribution is 2.22. The number of nitrogens with zero attached hydrogens (tertiary/aromatic N) is 1. The number of hydrogen-bond donors (Lipinski definition) is 2. The van der Waals surface area contributed by atoms with Crippen molar-refractivity contribution in [2.75, 3.05) is 26.2 Å². The summed E-state index contributed by atoms with van der Waals surface area (Å²) >= 11 is 0. The molecule has 1 aliphatic rings. The summed E-state index contributed by atoms with van der Waals surface area (Å²) in [5.41, 5.74) is 0.215. The second-order valence-electron chi connectivity index (χ2n) is 6.58. The molecule has 0 bridgehead atoms. The van der Waals surface area contributed by atoms with Crippen LogP contribution in [0.25, 0.3) is 0 Å². The third-order valence-corrected chi connectivity index (χ3v) is 3.76. The van der Waals surface area contributed by atoms with E-state index in [0.29, 0.717) is 6.61 Å². The summed E-state index contributed by atoms with van der Waals surface area (Å²) in [7, 11) is 0. The molecule has 0 aliphatic heterocycles. The number of aliphatic hydroxyl groups is 1. The van der Waals surface area contributed by atoms with E-state index in [9.17, 15) is 5.11 Å². The van der Waals surface area contributed by atoms with Crippen LogP contribution in [-0.4, -0.2) is 47.8 Å². The average molecular weight is 256 g/mol. The molecule has 0 atom stereocenters. The maximum absolute atomic E-state index is 9.20. The molecule has 0 radical (unpaired) electrons. The number of hydrogen-bond acceptors (Lipinski definition) is 3.